The Kier molecular flexibility index (Phi) is 16.6. The maximum absolute atomic E-state index is 13.7. The van der Waals surface area contributed by atoms with Crippen LogP contribution in [0.5, 0.6) is 0 Å². The highest BCUT2D eigenvalue weighted by atomic mass is 16.7. The van der Waals surface area contributed by atoms with Gasteiger partial charge in [0.15, 0.2) is 18.4 Å². The van der Waals surface area contributed by atoms with E-state index in [1.165, 1.54) is 18.9 Å². The second kappa shape index (κ2) is 20.0. The highest BCUT2D eigenvalue weighted by Crippen LogP contribution is 2.35. The summed E-state index contributed by atoms with van der Waals surface area (Å²) in [5.74, 6) is -0.864. The number of amides is 4. The van der Waals surface area contributed by atoms with Crippen LogP contribution in [0.3, 0.4) is 0 Å². The summed E-state index contributed by atoms with van der Waals surface area (Å²) in [6.45, 7) is 20.0. The van der Waals surface area contributed by atoms with E-state index in [0.29, 0.717) is 6.42 Å². The molecule has 0 aromatic rings. The quantitative estimate of drug-likeness (QED) is 0.146. The van der Waals surface area contributed by atoms with Crippen molar-refractivity contribution in [2.75, 3.05) is 33.4 Å². The lowest BCUT2D eigenvalue weighted by molar-refractivity contribution is -0.313. The molecule has 0 radical (unpaired) electrons. The van der Waals surface area contributed by atoms with E-state index in [0.717, 1.165) is 4.90 Å². The number of aliphatic hydroxyl groups excluding tert-OH is 2. The molecule has 364 valence electrons. The predicted octanol–water partition coefficient (Wildman–Crippen LogP) is 1.98. The SMILES string of the molecule is CN(C(=O)O)[C@@H]1[C@@H](O)[C@@H](O[C@@H]2[C@@H](O)[C@H](O[C@H]3O[C@H](CN(C[C@@H]4COC(C)(C)O4)C(=O)OC(C)(C)C)CC[C@H]3NC(=O)OC(C)(C)C)[C@@H](NC(=O)OC(C)(C)C)C[C@H]2N)OC[C@]1(C)O. The van der Waals surface area contributed by atoms with Gasteiger partial charge in [-0.15, -0.1) is 0 Å². The smallest absolute Gasteiger partial charge is 0.410 e. The van der Waals surface area contributed by atoms with Gasteiger partial charge in [-0.2, -0.15) is 0 Å². The molecular formula is C41H73N5O17. The average Bonchev–Trinajstić information content (AvgIpc) is 3.44. The molecule has 0 aromatic heterocycles. The molecule has 0 bridgehead atoms. The van der Waals surface area contributed by atoms with Crippen LogP contribution in [0.2, 0.25) is 0 Å². The number of nitrogens with zero attached hydrogens (tertiary/aromatic N) is 2. The van der Waals surface area contributed by atoms with Crippen LogP contribution >= 0.6 is 0 Å². The van der Waals surface area contributed by atoms with Crippen molar-refractivity contribution in [1.29, 1.82) is 0 Å². The van der Waals surface area contributed by atoms with Gasteiger partial charge in [-0.25, -0.2) is 19.2 Å². The third kappa shape index (κ3) is 15.1. The summed E-state index contributed by atoms with van der Waals surface area (Å²) in [6, 6.07) is -4.44. The fraction of sp³-hybridized carbons (Fsp3) is 0.902. The van der Waals surface area contributed by atoms with Crippen LogP contribution in [0.25, 0.3) is 0 Å². The standard InChI is InChI=1S/C41H73N5O17/c1-37(2,3)61-33(49)43-24-15-14-21(17-46(36(53)63-39(7,8)9)18-22-19-56-40(10,11)60-22)57-31(24)59-29-25(44-34(50)62-38(4,5)6)16-23(42)28(26(29)47)58-32-27(48)30(45(13)35(51)52)41(12,54)20-55-32/h21-32,47-48,54H,14-20,42H2,1-13H3,(H,43,49)(H,44,50)(H,51,52)/t21-,22+,23+,24+,25-,26+,27+,28-,29+,30+,31+,32+,41-/m0/s1. The van der Waals surface area contributed by atoms with Crippen molar-refractivity contribution in [3.05, 3.63) is 0 Å². The first kappa shape index (κ1) is 52.3. The first-order chi connectivity index (χ1) is 28.7. The van der Waals surface area contributed by atoms with Crippen LogP contribution in [-0.4, -0.2) is 190 Å². The maximum Gasteiger partial charge on any atom is 0.410 e. The number of ether oxygens (including phenoxy) is 9. The van der Waals surface area contributed by atoms with Gasteiger partial charge >= 0.3 is 24.4 Å². The Labute approximate surface area is 369 Å². The number of carboxylic acid groups (broad SMARTS) is 1. The number of likely N-dealkylation sites (N-methyl/N-ethyl adjacent to an activating group) is 1. The lowest BCUT2D eigenvalue weighted by atomic mass is 9.83. The van der Waals surface area contributed by atoms with Crippen molar-refractivity contribution >= 4 is 24.4 Å². The van der Waals surface area contributed by atoms with E-state index < -0.39 is 133 Å². The van der Waals surface area contributed by atoms with Crippen molar-refractivity contribution in [2.24, 2.45) is 5.73 Å². The molecule has 0 aromatic carbocycles. The third-order valence-corrected chi connectivity index (χ3v) is 10.5. The van der Waals surface area contributed by atoms with Crippen molar-refractivity contribution in [3.8, 4) is 0 Å². The minimum absolute atomic E-state index is 0.00965. The van der Waals surface area contributed by atoms with E-state index in [2.05, 4.69) is 10.6 Å². The summed E-state index contributed by atoms with van der Waals surface area (Å²) in [5.41, 5.74) is 2.16. The fourth-order valence-electron chi connectivity index (χ4n) is 7.95. The van der Waals surface area contributed by atoms with E-state index in [1.54, 1.807) is 76.2 Å². The molecule has 1 saturated carbocycles. The van der Waals surface area contributed by atoms with Crippen LogP contribution in [0.1, 0.15) is 102 Å². The van der Waals surface area contributed by atoms with E-state index in [4.69, 9.17) is 48.4 Å². The summed E-state index contributed by atoms with van der Waals surface area (Å²) >= 11 is 0. The number of alkyl carbamates (subject to hydrolysis) is 2. The highest BCUT2D eigenvalue weighted by Gasteiger charge is 2.54. The van der Waals surface area contributed by atoms with Crippen LogP contribution in [0.15, 0.2) is 0 Å². The predicted molar refractivity (Wildman–Crippen MR) is 221 cm³/mol. The van der Waals surface area contributed by atoms with E-state index in [1.807, 2.05) is 0 Å². The average molecular weight is 908 g/mol. The van der Waals surface area contributed by atoms with Crippen molar-refractivity contribution in [1.82, 2.24) is 20.4 Å². The molecule has 4 rings (SSSR count). The summed E-state index contributed by atoms with van der Waals surface area (Å²) in [4.78, 5) is 54.2. The van der Waals surface area contributed by atoms with E-state index in [-0.39, 0.29) is 32.5 Å². The van der Waals surface area contributed by atoms with Crippen LogP contribution in [0, 0.1) is 0 Å². The molecule has 13 atom stereocenters. The number of carbonyl (C=O) groups excluding carboxylic acids is 3. The molecule has 3 saturated heterocycles. The van der Waals surface area contributed by atoms with Crippen molar-refractivity contribution < 1.29 is 82.2 Å². The Bertz CT molecular complexity index is 1580. The Morgan fingerprint density at radius 2 is 1.32 bits per heavy atom. The van der Waals surface area contributed by atoms with Gasteiger partial charge in [0.05, 0.1) is 50.5 Å². The van der Waals surface area contributed by atoms with Gasteiger partial charge < -0.3 is 89.2 Å². The first-order valence-electron chi connectivity index (χ1n) is 21.4. The largest absolute Gasteiger partial charge is 0.465 e. The maximum atomic E-state index is 13.7. The number of rotatable bonds is 11. The van der Waals surface area contributed by atoms with Crippen LogP contribution in [0.4, 0.5) is 19.2 Å². The summed E-state index contributed by atoms with van der Waals surface area (Å²) in [6.07, 6.45) is -13.7. The Morgan fingerprint density at radius 3 is 1.84 bits per heavy atom. The molecule has 3 aliphatic heterocycles. The number of aliphatic hydroxyl groups is 3. The Hall–Kier alpha value is -3.32. The molecule has 63 heavy (non-hydrogen) atoms. The zero-order valence-electron chi connectivity index (χ0n) is 38.9. The fourth-order valence-corrected chi connectivity index (χ4v) is 7.95. The monoisotopic (exact) mass is 908 g/mol. The molecule has 1 aliphatic carbocycles. The lowest BCUT2D eigenvalue weighted by Crippen LogP contribution is -2.70. The minimum atomic E-state index is -1.83. The van der Waals surface area contributed by atoms with Gasteiger partial charge in [-0.1, -0.05) is 0 Å². The molecule has 4 aliphatic rings. The normalized spacial score (nSPS) is 34.9. The van der Waals surface area contributed by atoms with Gasteiger partial charge in [-0.3, -0.25) is 0 Å². The topological polar surface area (TPSA) is 289 Å². The second-order valence-electron chi connectivity index (χ2n) is 20.5. The molecule has 0 spiro atoms. The number of nitrogens with one attached hydrogen (secondary N) is 2. The molecule has 3 heterocycles. The van der Waals surface area contributed by atoms with E-state index in [9.17, 15) is 39.6 Å². The van der Waals surface area contributed by atoms with Gasteiger partial charge in [0.25, 0.3) is 0 Å². The molecule has 22 heteroatoms. The summed E-state index contributed by atoms with van der Waals surface area (Å²) in [7, 11) is 1.18. The van der Waals surface area contributed by atoms with Gasteiger partial charge in [-0.05, 0) is 102 Å². The summed E-state index contributed by atoms with van der Waals surface area (Å²) < 4.78 is 53.5. The highest BCUT2D eigenvalue weighted by molar-refractivity contribution is 5.69. The first-order valence-corrected chi connectivity index (χ1v) is 21.4. The number of hydrogen-bond acceptors (Lipinski definition) is 17. The molecule has 4 amide bonds. The second-order valence-corrected chi connectivity index (χ2v) is 20.5. The van der Waals surface area contributed by atoms with Gasteiger partial charge in [0.2, 0.25) is 0 Å². The Morgan fingerprint density at radius 1 is 0.778 bits per heavy atom. The number of hydrogen-bond donors (Lipinski definition) is 7. The van der Waals surface area contributed by atoms with Gasteiger partial charge in [0.1, 0.15) is 52.9 Å². The van der Waals surface area contributed by atoms with Crippen molar-refractivity contribution in [2.45, 2.75) is 204 Å². The zero-order valence-corrected chi connectivity index (χ0v) is 38.9. The lowest BCUT2D eigenvalue weighted by Gasteiger charge is -2.50. The molecule has 8 N–H and O–H groups in total. The summed E-state index contributed by atoms with van der Waals surface area (Å²) in [5, 5.41) is 49.7. The minimum Gasteiger partial charge on any atom is -0.465 e. The molecule has 22 nitrogen and oxygen atoms in total. The molecule has 4 fully saturated rings. The van der Waals surface area contributed by atoms with Crippen molar-refractivity contribution in [3.63, 3.8) is 0 Å². The van der Waals surface area contributed by atoms with Crippen LogP contribution < -0.4 is 16.4 Å². The molecular weight excluding hydrogens is 834 g/mol. The Balaban J connectivity index is 1.67. The number of carbonyl (C=O) groups is 4. The number of nitrogens with two attached hydrogens (primary N) is 1. The van der Waals surface area contributed by atoms with Gasteiger partial charge in [0, 0.05) is 13.1 Å². The van der Waals surface area contributed by atoms with E-state index >= 15 is 0 Å². The molecule has 0 unspecified atom stereocenters. The van der Waals surface area contributed by atoms with Crippen LogP contribution in [-0.2, 0) is 42.6 Å². The third-order valence-electron chi connectivity index (χ3n) is 10.5. The zero-order chi connectivity index (χ0) is 47.6.